The standard InChI is InChI=1S/C12H15N3O2/c1-8(2)12(3,11(16)17)15-7-4-9-10(15)14-6-5-13-9/h4-8H,1-3H3,(H,16,17). The van der Waals surface area contributed by atoms with Crippen LogP contribution in [0, 0.1) is 5.92 Å². The van der Waals surface area contributed by atoms with Gasteiger partial charge in [0.2, 0.25) is 0 Å². The van der Waals surface area contributed by atoms with Gasteiger partial charge in [0, 0.05) is 18.6 Å². The van der Waals surface area contributed by atoms with E-state index in [1.807, 2.05) is 13.8 Å². The Hall–Kier alpha value is -1.91. The van der Waals surface area contributed by atoms with Gasteiger partial charge in [-0.15, -0.1) is 0 Å². The normalized spacial score (nSPS) is 15.1. The first kappa shape index (κ1) is 11.6. The molecule has 2 rings (SSSR count). The van der Waals surface area contributed by atoms with Crippen molar-refractivity contribution in [2.45, 2.75) is 26.3 Å². The van der Waals surface area contributed by atoms with Crippen molar-refractivity contribution in [3.05, 3.63) is 24.7 Å². The van der Waals surface area contributed by atoms with Crippen LogP contribution in [0.1, 0.15) is 20.8 Å². The third-order valence-electron chi connectivity index (χ3n) is 3.37. The van der Waals surface area contributed by atoms with Crippen molar-refractivity contribution in [1.82, 2.24) is 14.5 Å². The molecule has 0 radical (unpaired) electrons. The largest absolute Gasteiger partial charge is 0.479 e. The van der Waals surface area contributed by atoms with E-state index in [0.29, 0.717) is 11.2 Å². The number of hydrogen-bond acceptors (Lipinski definition) is 3. The molecule has 2 aromatic heterocycles. The fourth-order valence-electron chi connectivity index (χ4n) is 1.86. The summed E-state index contributed by atoms with van der Waals surface area (Å²) in [7, 11) is 0. The van der Waals surface area contributed by atoms with Crippen molar-refractivity contribution in [2.75, 3.05) is 0 Å². The Morgan fingerprint density at radius 1 is 1.41 bits per heavy atom. The van der Waals surface area contributed by atoms with Crippen LogP contribution in [0.2, 0.25) is 0 Å². The molecule has 0 saturated heterocycles. The molecule has 0 saturated carbocycles. The minimum absolute atomic E-state index is 0.0578. The van der Waals surface area contributed by atoms with Crippen molar-refractivity contribution in [3.8, 4) is 0 Å². The summed E-state index contributed by atoms with van der Waals surface area (Å²) in [5, 5.41) is 9.47. The summed E-state index contributed by atoms with van der Waals surface area (Å²) in [4.78, 5) is 19.9. The van der Waals surface area contributed by atoms with Crippen LogP contribution in [0.25, 0.3) is 11.2 Å². The van der Waals surface area contributed by atoms with E-state index >= 15 is 0 Å². The molecule has 5 nitrogen and oxygen atoms in total. The van der Waals surface area contributed by atoms with Gasteiger partial charge in [-0.05, 0) is 18.9 Å². The highest BCUT2D eigenvalue weighted by atomic mass is 16.4. The lowest BCUT2D eigenvalue weighted by molar-refractivity contribution is -0.148. The van der Waals surface area contributed by atoms with E-state index in [2.05, 4.69) is 9.97 Å². The van der Waals surface area contributed by atoms with E-state index in [4.69, 9.17) is 0 Å². The lowest BCUT2D eigenvalue weighted by atomic mass is 9.88. The number of nitrogens with zero attached hydrogens (tertiary/aromatic N) is 3. The van der Waals surface area contributed by atoms with E-state index in [0.717, 1.165) is 0 Å². The van der Waals surface area contributed by atoms with Crippen LogP contribution < -0.4 is 0 Å². The first-order valence-electron chi connectivity index (χ1n) is 5.50. The Morgan fingerprint density at radius 2 is 2.06 bits per heavy atom. The molecule has 2 heterocycles. The fourth-order valence-corrected chi connectivity index (χ4v) is 1.86. The quantitative estimate of drug-likeness (QED) is 0.879. The van der Waals surface area contributed by atoms with Crippen LogP contribution in [0.5, 0.6) is 0 Å². The van der Waals surface area contributed by atoms with Gasteiger partial charge in [0.25, 0.3) is 0 Å². The maximum absolute atomic E-state index is 11.5. The number of aliphatic carboxylic acids is 1. The summed E-state index contributed by atoms with van der Waals surface area (Å²) in [5.74, 6) is -0.923. The number of fused-ring (bicyclic) bond motifs is 1. The SMILES string of the molecule is CC(C)C(C)(C(=O)O)n1ccc2nccnc21. The summed E-state index contributed by atoms with van der Waals surface area (Å²) in [6.07, 6.45) is 4.90. The second-order valence-electron chi connectivity index (χ2n) is 4.56. The first-order chi connectivity index (χ1) is 7.98. The van der Waals surface area contributed by atoms with Crippen LogP contribution in [-0.4, -0.2) is 25.6 Å². The van der Waals surface area contributed by atoms with Crippen LogP contribution in [0.4, 0.5) is 0 Å². The zero-order valence-corrected chi connectivity index (χ0v) is 10.1. The average molecular weight is 233 g/mol. The third kappa shape index (κ3) is 1.58. The second kappa shape index (κ2) is 3.84. The molecule has 0 spiro atoms. The summed E-state index contributed by atoms with van der Waals surface area (Å²) in [6.45, 7) is 5.47. The van der Waals surface area contributed by atoms with Gasteiger partial charge in [0.05, 0.1) is 0 Å². The van der Waals surface area contributed by atoms with Gasteiger partial charge in [-0.25, -0.2) is 9.78 Å². The van der Waals surface area contributed by atoms with Crippen molar-refractivity contribution in [3.63, 3.8) is 0 Å². The first-order valence-corrected chi connectivity index (χ1v) is 5.50. The molecule has 0 aliphatic carbocycles. The molecule has 1 unspecified atom stereocenters. The summed E-state index contributed by atoms with van der Waals surface area (Å²) in [5.41, 5.74) is 0.296. The number of carboxylic acids is 1. The lowest BCUT2D eigenvalue weighted by Crippen LogP contribution is -2.43. The van der Waals surface area contributed by atoms with Crippen molar-refractivity contribution < 1.29 is 9.90 Å². The Balaban J connectivity index is 2.69. The molecule has 0 aliphatic rings. The molecule has 17 heavy (non-hydrogen) atoms. The minimum Gasteiger partial charge on any atom is -0.479 e. The Morgan fingerprint density at radius 3 is 2.65 bits per heavy atom. The predicted octanol–water partition coefficient (Wildman–Crippen LogP) is 1.89. The fraction of sp³-hybridized carbons (Fsp3) is 0.417. The van der Waals surface area contributed by atoms with Gasteiger partial charge in [-0.2, -0.15) is 0 Å². The van der Waals surface area contributed by atoms with Crippen molar-refractivity contribution in [2.24, 2.45) is 5.92 Å². The van der Waals surface area contributed by atoms with Crippen LogP contribution in [-0.2, 0) is 10.3 Å². The number of rotatable bonds is 3. The van der Waals surface area contributed by atoms with Crippen LogP contribution in [0.3, 0.4) is 0 Å². The van der Waals surface area contributed by atoms with E-state index in [-0.39, 0.29) is 5.92 Å². The molecule has 1 atom stereocenters. The highest BCUT2D eigenvalue weighted by Gasteiger charge is 2.39. The molecular formula is C12H15N3O2. The summed E-state index contributed by atoms with van der Waals surface area (Å²) < 4.78 is 1.68. The third-order valence-corrected chi connectivity index (χ3v) is 3.37. The van der Waals surface area contributed by atoms with Crippen molar-refractivity contribution in [1.29, 1.82) is 0 Å². The smallest absolute Gasteiger partial charge is 0.329 e. The lowest BCUT2D eigenvalue weighted by Gasteiger charge is -2.31. The topological polar surface area (TPSA) is 68.0 Å². The number of carboxylic acid groups (broad SMARTS) is 1. The van der Waals surface area contributed by atoms with Gasteiger partial charge >= 0.3 is 5.97 Å². The van der Waals surface area contributed by atoms with Gasteiger partial charge in [0.15, 0.2) is 5.65 Å². The molecule has 0 amide bonds. The Bertz CT molecular complexity index is 562. The zero-order valence-electron chi connectivity index (χ0n) is 10.1. The molecular weight excluding hydrogens is 218 g/mol. The van der Waals surface area contributed by atoms with Gasteiger partial charge in [-0.1, -0.05) is 13.8 Å². The maximum Gasteiger partial charge on any atom is 0.329 e. The van der Waals surface area contributed by atoms with E-state index in [1.165, 1.54) is 0 Å². The van der Waals surface area contributed by atoms with Crippen LogP contribution in [0.15, 0.2) is 24.7 Å². The van der Waals surface area contributed by atoms with E-state index in [9.17, 15) is 9.90 Å². The molecule has 90 valence electrons. The predicted molar refractivity (Wildman–Crippen MR) is 63.6 cm³/mol. The second-order valence-corrected chi connectivity index (χ2v) is 4.56. The number of aromatic nitrogens is 3. The summed E-state index contributed by atoms with van der Waals surface area (Å²) >= 11 is 0. The maximum atomic E-state index is 11.5. The van der Waals surface area contributed by atoms with Gasteiger partial charge in [-0.3, -0.25) is 4.98 Å². The van der Waals surface area contributed by atoms with E-state index in [1.54, 1.807) is 36.1 Å². The number of carbonyl (C=O) groups is 1. The number of hydrogen-bond donors (Lipinski definition) is 1. The molecule has 0 fully saturated rings. The zero-order chi connectivity index (χ0) is 12.6. The minimum atomic E-state index is -1.02. The van der Waals surface area contributed by atoms with Crippen molar-refractivity contribution >= 4 is 17.1 Å². The molecule has 0 aromatic carbocycles. The van der Waals surface area contributed by atoms with E-state index < -0.39 is 11.5 Å². The van der Waals surface area contributed by atoms with Gasteiger partial charge < -0.3 is 9.67 Å². The summed E-state index contributed by atoms with van der Waals surface area (Å²) in [6, 6.07) is 1.78. The average Bonchev–Trinajstić information content (AvgIpc) is 2.71. The molecule has 1 N–H and O–H groups in total. The van der Waals surface area contributed by atoms with Gasteiger partial charge in [0.1, 0.15) is 11.1 Å². The Labute approximate surface area is 99.1 Å². The van der Waals surface area contributed by atoms with Crippen LogP contribution >= 0.6 is 0 Å². The molecule has 5 heteroatoms. The Kier molecular flexibility index (Phi) is 2.61. The molecule has 0 bridgehead atoms. The molecule has 2 aromatic rings. The highest BCUT2D eigenvalue weighted by Crippen LogP contribution is 2.29. The highest BCUT2D eigenvalue weighted by molar-refractivity contribution is 5.80. The molecule has 0 aliphatic heterocycles. The monoisotopic (exact) mass is 233 g/mol.